The Morgan fingerprint density at radius 1 is 1.04 bits per heavy atom. The maximum absolute atomic E-state index is 13.5. The Labute approximate surface area is 155 Å². The monoisotopic (exact) mass is 349 g/mol. The quantitative estimate of drug-likeness (QED) is 0.846. The van der Waals surface area contributed by atoms with E-state index in [1.807, 2.05) is 35.4 Å². The summed E-state index contributed by atoms with van der Waals surface area (Å²) in [4.78, 5) is 22.5. The fourth-order valence-corrected chi connectivity index (χ4v) is 4.56. The molecule has 2 aliphatic rings. The van der Waals surface area contributed by atoms with E-state index in [4.69, 9.17) is 0 Å². The van der Waals surface area contributed by atoms with Gasteiger partial charge in [-0.2, -0.15) is 0 Å². The van der Waals surface area contributed by atoms with Crippen molar-refractivity contribution in [3.8, 4) is 0 Å². The lowest BCUT2D eigenvalue weighted by atomic mass is 9.72. The number of aromatic nitrogens is 1. The summed E-state index contributed by atoms with van der Waals surface area (Å²) in [5, 5.41) is 0. The Morgan fingerprint density at radius 3 is 2.58 bits per heavy atom. The Bertz CT molecular complexity index is 772. The minimum absolute atomic E-state index is 0.227. The van der Waals surface area contributed by atoms with Crippen LogP contribution in [0.2, 0.25) is 0 Å². The van der Waals surface area contributed by atoms with Gasteiger partial charge in [-0.3, -0.25) is 14.7 Å². The molecule has 136 valence electrons. The largest absolute Gasteiger partial charge is 0.312 e. The number of carbonyl (C=O) groups is 1. The van der Waals surface area contributed by atoms with Crippen LogP contribution in [0.3, 0.4) is 0 Å². The van der Waals surface area contributed by atoms with E-state index >= 15 is 0 Å². The van der Waals surface area contributed by atoms with Gasteiger partial charge in [0.05, 0.1) is 11.1 Å². The van der Waals surface area contributed by atoms with Crippen molar-refractivity contribution in [3.05, 3.63) is 59.9 Å². The van der Waals surface area contributed by atoms with Gasteiger partial charge in [0.15, 0.2) is 0 Å². The summed E-state index contributed by atoms with van der Waals surface area (Å²) in [6.07, 6.45) is 6.04. The number of piperidine rings is 2. The van der Waals surface area contributed by atoms with Crippen molar-refractivity contribution in [2.45, 2.75) is 39.2 Å². The molecule has 4 nitrogen and oxygen atoms in total. The number of nitrogens with zero attached hydrogens (tertiary/aromatic N) is 3. The highest BCUT2D eigenvalue weighted by molar-refractivity contribution is 5.98. The van der Waals surface area contributed by atoms with Crippen LogP contribution in [-0.2, 0) is 11.3 Å². The van der Waals surface area contributed by atoms with E-state index in [0.29, 0.717) is 5.91 Å². The normalized spacial score (nSPS) is 24.2. The maximum Gasteiger partial charge on any atom is 0.234 e. The summed E-state index contributed by atoms with van der Waals surface area (Å²) in [5.74, 6) is 0.317. The van der Waals surface area contributed by atoms with Crippen molar-refractivity contribution < 1.29 is 4.79 Å². The topological polar surface area (TPSA) is 36.4 Å². The summed E-state index contributed by atoms with van der Waals surface area (Å²) in [5.41, 5.74) is 3.17. The number of carbonyl (C=O) groups excluding carboxylic acids is 1. The molecule has 3 heterocycles. The van der Waals surface area contributed by atoms with E-state index in [1.165, 1.54) is 5.56 Å². The first-order valence-electron chi connectivity index (χ1n) is 9.68. The highest BCUT2D eigenvalue weighted by Crippen LogP contribution is 2.41. The van der Waals surface area contributed by atoms with Gasteiger partial charge in [0.1, 0.15) is 0 Å². The molecule has 0 saturated carbocycles. The van der Waals surface area contributed by atoms with E-state index in [9.17, 15) is 4.79 Å². The minimum Gasteiger partial charge on any atom is -0.312 e. The third-order valence-electron chi connectivity index (χ3n) is 5.95. The molecule has 4 rings (SSSR count). The van der Waals surface area contributed by atoms with Gasteiger partial charge in [-0.1, -0.05) is 24.3 Å². The first kappa shape index (κ1) is 17.2. The molecule has 1 amide bonds. The molecule has 0 aliphatic carbocycles. The van der Waals surface area contributed by atoms with Crippen LogP contribution in [0.1, 0.15) is 36.9 Å². The number of aryl methyl sites for hydroxylation is 1. The summed E-state index contributed by atoms with van der Waals surface area (Å²) in [6, 6.07) is 14.2. The number of pyridine rings is 1. The van der Waals surface area contributed by atoms with E-state index in [0.717, 1.165) is 63.2 Å². The molecule has 26 heavy (non-hydrogen) atoms. The minimum atomic E-state index is -0.227. The lowest BCUT2D eigenvalue weighted by Gasteiger charge is -2.47. The number of anilines is 1. The van der Waals surface area contributed by atoms with Crippen LogP contribution >= 0.6 is 0 Å². The van der Waals surface area contributed by atoms with Gasteiger partial charge in [0.25, 0.3) is 0 Å². The molecule has 0 N–H and O–H groups in total. The Hall–Kier alpha value is -2.20. The molecule has 1 atom stereocenters. The van der Waals surface area contributed by atoms with Crippen molar-refractivity contribution in [1.82, 2.24) is 9.88 Å². The van der Waals surface area contributed by atoms with E-state index in [2.05, 4.69) is 35.0 Å². The summed E-state index contributed by atoms with van der Waals surface area (Å²) in [7, 11) is 0. The maximum atomic E-state index is 13.5. The molecule has 1 aromatic heterocycles. The number of para-hydroxylation sites is 1. The van der Waals surface area contributed by atoms with Crippen LogP contribution in [-0.4, -0.2) is 35.4 Å². The second kappa shape index (κ2) is 7.20. The van der Waals surface area contributed by atoms with Crippen LogP contribution in [0, 0.1) is 12.3 Å². The average Bonchev–Trinajstić information content (AvgIpc) is 2.67. The molecular formula is C22H27N3O. The zero-order valence-electron chi connectivity index (χ0n) is 15.5. The van der Waals surface area contributed by atoms with Crippen LogP contribution in [0.15, 0.2) is 48.7 Å². The Balaban J connectivity index is 1.53. The van der Waals surface area contributed by atoms with Gasteiger partial charge in [-0.25, -0.2) is 0 Å². The summed E-state index contributed by atoms with van der Waals surface area (Å²) in [6.45, 7) is 5.70. The molecule has 2 aromatic rings. The standard InChI is InChI=1S/C22H27N3O/c1-18-8-5-13-23-20(18)16-24-14-6-11-22(17-24)12-7-15-25(21(22)26)19-9-3-2-4-10-19/h2-5,8-10,13H,6-7,11-12,14-17H2,1H3. The van der Waals surface area contributed by atoms with E-state index in [-0.39, 0.29) is 5.41 Å². The molecule has 2 saturated heterocycles. The average molecular weight is 349 g/mol. The third kappa shape index (κ3) is 3.26. The first-order chi connectivity index (χ1) is 12.7. The second-order valence-corrected chi connectivity index (χ2v) is 7.76. The molecule has 1 unspecified atom stereocenters. The third-order valence-corrected chi connectivity index (χ3v) is 5.95. The van der Waals surface area contributed by atoms with Crippen molar-refractivity contribution in [2.24, 2.45) is 5.41 Å². The highest BCUT2D eigenvalue weighted by atomic mass is 16.2. The number of rotatable bonds is 3. The smallest absolute Gasteiger partial charge is 0.234 e. The highest BCUT2D eigenvalue weighted by Gasteiger charge is 2.46. The van der Waals surface area contributed by atoms with Gasteiger partial charge in [-0.05, 0) is 62.9 Å². The van der Waals surface area contributed by atoms with E-state index in [1.54, 1.807) is 0 Å². The molecule has 4 heteroatoms. The van der Waals surface area contributed by atoms with Gasteiger partial charge >= 0.3 is 0 Å². The van der Waals surface area contributed by atoms with Gasteiger partial charge in [0, 0.05) is 31.5 Å². The fraction of sp³-hybridized carbons (Fsp3) is 0.455. The van der Waals surface area contributed by atoms with Crippen molar-refractivity contribution >= 4 is 11.6 Å². The number of hydrogen-bond donors (Lipinski definition) is 0. The van der Waals surface area contributed by atoms with Gasteiger partial charge < -0.3 is 4.90 Å². The summed E-state index contributed by atoms with van der Waals surface area (Å²) >= 11 is 0. The molecule has 0 radical (unpaired) electrons. The molecule has 2 aliphatic heterocycles. The fourth-order valence-electron chi connectivity index (χ4n) is 4.56. The van der Waals surface area contributed by atoms with Crippen LogP contribution in [0.5, 0.6) is 0 Å². The molecule has 1 spiro atoms. The van der Waals surface area contributed by atoms with Crippen molar-refractivity contribution in [1.29, 1.82) is 0 Å². The molecule has 1 aromatic carbocycles. The first-order valence-corrected chi connectivity index (χ1v) is 9.68. The van der Waals surface area contributed by atoms with Gasteiger partial charge in [0.2, 0.25) is 5.91 Å². The number of hydrogen-bond acceptors (Lipinski definition) is 3. The number of amides is 1. The predicted molar refractivity (Wildman–Crippen MR) is 104 cm³/mol. The zero-order valence-corrected chi connectivity index (χ0v) is 15.5. The number of benzene rings is 1. The molecule has 2 fully saturated rings. The van der Waals surface area contributed by atoms with Crippen molar-refractivity contribution in [3.63, 3.8) is 0 Å². The lowest BCUT2D eigenvalue weighted by Crippen LogP contribution is -2.56. The lowest BCUT2D eigenvalue weighted by molar-refractivity contribution is -0.134. The van der Waals surface area contributed by atoms with E-state index < -0.39 is 0 Å². The van der Waals surface area contributed by atoms with Crippen molar-refractivity contribution in [2.75, 3.05) is 24.5 Å². The predicted octanol–water partition coefficient (Wildman–Crippen LogP) is 3.80. The Kier molecular flexibility index (Phi) is 4.77. The number of likely N-dealkylation sites (tertiary alicyclic amines) is 1. The SMILES string of the molecule is Cc1cccnc1CN1CCCC2(CCCN(c3ccccc3)C2=O)C1. The van der Waals surface area contributed by atoms with Gasteiger partial charge in [-0.15, -0.1) is 0 Å². The van der Waals surface area contributed by atoms with Crippen LogP contribution < -0.4 is 4.90 Å². The summed E-state index contributed by atoms with van der Waals surface area (Å²) < 4.78 is 0. The Morgan fingerprint density at radius 2 is 1.81 bits per heavy atom. The van der Waals surface area contributed by atoms with Crippen LogP contribution in [0.25, 0.3) is 0 Å². The molecule has 0 bridgehead atoms. The molecular weight excluding hydrogens is 322 g/mol. The zero-order chi connectivity index (χ0) is 18.0. The second-order valence-electron chi connectivity index (χ2n) is 7.76. The van der Waals surface area contributed by atoms with Crippen LogP contribution in [0.4, 0.5) is 5.69 Å².